The SMILES string of the molecule is COC(=O)c1ccc(NC(=O)N2CCC3(CC2)N(CC2CC2)C(=O)CS3=O)cc1. The molecular formula is C20H25N3O5S. The molecule has 1 aromatic carbocycles. The zero-order valence-corrected chi connectivity index (χ0v) is 17.2. The minimum atomic E-state index is -1.22. The minimum Gasteiger partial charge on any atom is -0.465 e. The van der Waals surface area contributed by atoms with Crippen molar-refractivity contribution in [1.29, 1.82) is 0 Å². The standard InChI is InChI=1S/C20H25N3O5S/c1-28-18(25)15-4-6-16(7-5-15)21-19(26)22-10-8-20(9-11-22)23(12-14-2-3-14)17(24)13-29(20)27/h4-7,14H,2-3,8-13H2,1H3,(H,21,26). The predicted octanol–water partition coefficient (Wildman–Crippen LogP) is 1.80. The van der Waals surface area contributed by atoms with Crippen LogP contribution in [0, 0.1) is 5.92 Å². The molecule has 2 aliphatic heterocycles. The number of likely N-dealkylation sites (tertiary alicyclic amines) is 1. The number of ether oxygens (including phenoxy) is 1. The van der Waals surface area contributed by atoms with Gasteiger partial charge in [0, 0.05) is 38.2 Å². The Morgan fingerprint density at radius 1 is 1.21 bits per heavy atom. The maximum atomic E-state index is 12.7. The van der Waals surface area contributed by atoms with Crippen molar-refractivity contribution in [3.05, 3.63) is 29.8 Å². The first-order valence-corrected chi connectivity index (χ1v) is 11.2. The lowest BCUT2D eigenvalue weighted by atomic mass is 10.0. The molecular weight excluding hydrogens is 394 g/mol. The van der Waals surface area contributed by atoms with E-state index in [4.69, 9.17) is 0 Å². The van der Waals surface area contributed by atoms with E-state index in [1.54, 1.807) is 29.2 Å². The second kappa shape index (κ2) is 7.78. The number of benzene rings is 1. The summed E-state index contributed by atoms with van der Waals surface area (Å²) in [6.45, 7) is 1.60. The molecule has 0 aromatic heterocycles. The summed E-state index contributed by atoms with van der Waals surface area (Å²) in [5.74, 6) is 0.198. The number of carbonyl (C=O) groups excluding carboxylic acids is 3. The van der Waals surface area contributed by atoms with Crippen molar-refractivity contribution in [2.24, 2.45) is 5.92 Å². The number of rotatable bonds is 4. The lowest BCUT2D eigenvalue weighted by molar-refractivity contribution is -0.131. The van der Waals surface area contributed by atoms with Crippen LogP contribution in [0.15, 0.2) is 24.3 Å². The number of esters is 1. The van der Waals surface area contributed by atoms with Crippen molar-refractivity contribution in [3.63, 3.8) is 0 Å². The fourth-order valence-electron chi connectivity index (χ4n) is 4.07. The Bertz CT molecular complexity index is 844. The quantitative estimate of drug-likeness (QED) is 0.751. The molecule has 0 bridgehead atoms. The first-order chi connectivity index (χ1) is 13.9. The first kappa shape index (κ1) is 19.9. The fourth-order valence-corrected chi connectivity index (χ4v) is 5.78. The van der Waals surface area contributed by atoms with Crippen LogP contribution >= 0.6 is 0 Å². The summed E-state index contributed by atoms with van der Waals surface area (Å²) in [5, 5.41) is 2.83. The number of piperidine rings is 1. The van der Waals surface area contributed by atoms with Crippen LogP contribution in [0.25, 0.3) is 0 Å². The van der Waals surface area contributed by atoms with Crippen LogP contribution in [0.4, 0.5) is 10.5 Å². The van der Waals surface area contributed by atoms with Gasteiger partial charge in [-0.1, -0.05) is 0 Å². The van der Waals surface area contributed by atoms with E-state index in [-0.39, 0.29) is 17.7 Å². The molecule has 1 atom stereocenters. The number of hydrogen-bond donors (Lipinski definition) is 1. The van der Waals surface area contributed by atoms with E-state index in [2.05, 4.69) is 10.1 Å². The third-order valence-electron chi connectivity index (χ3n) is 6.00. The van der Waals surface area contributed by atoms with Crippen LogP contribution in [0.2, 0.25) is 0 Å². The van der Waals surface area contributed by atoms with Crippen LogP contribution in [0.5, 0.6) is 0 Å². The number of nitrogens with zero attached hydrogens (tertiary/aromatic N) is 2. The van der Waals surface area contributed by atoms with E-state index in [0.29, 0.717) is 49.6 Å². The van der Waals surface area contributed by atoms with Crippen LogP contribution in [0.1, 0.15) is 36.0 Å². The number of anilines is 1. The van der Waals surface area contributed by atoms with E-state index >= 15 is 0 Å². The van der Waals surface area contributed by atoms with Gasteiger partial charge in [0.25, 0.3) is 0 Å². The number of hydrogen-bond acceptors (Lipinski definition) is 5. The highest BCUT2D eigenvalue weighted by Gasteiger charge is 2.54. The maximum absolute atomic E-state index is 12.7. The van der Waals surface area contributed by atoms with Gasteiger partial charge >= 0.3 is 12.0 Å². The van der Waals surface area contributed by atoms with Gasteiger partial charge in [-0.05, 0) is 43.0 Å². The average Bonchev–Trinajstić information content (AvgIpc) is 3.52. The number of carbonyl (C=O) groups is 3. The summed E-state index contributed by atoms with van der Waals surface area (Å²) in [4.78, 5) is 39.4. The molecule has 156 valence electrons. The van der Waals surface area contributed by atoms with Crippen LogP contribution in [0.3, 0.4) is 0 Å². The molecule has 3 aliphatic rings. The third-order valence-corrected chi connectivity index (χ3v) is 7.98. The summed E-state index contributed by atoms with van der Waals surface area (Å²) < 4.78 is 17.4. The predicted molar refractivity (Wildman–Crippen MR) is 108 cm³/mol. The number of urea groups is 1. The number of methoxy groups -OCH3 is 1. The lowest BCUT2D eigenvalue weighted by Gasteiger charge is -2.43. The smallest absolute Gasteiger partial charge is 0.337 e. The Morgan fingerprint density at radius 3 is 2.45 bits per heavy atom. The van der Waals surface area contributed by atoms with Crippen LogP contribution in [-0.2, 0) is 20.3 Å². The third kappa shape index (κ3) is 3.88. The van der Waals surface area contributed by atoms with Gasteiger partial charge < -0.3 is 19.9 Å². The molecule has 1 spiro atoms. The molecule has 1 saturated carbocycles. The summed E-state index contributed by atoms with van der Waals surface area (Å²) >= 11 is 0. The van der Waals surface area contributed by atoms with Gasteiger partial charge in [0.1, 0.15) is 10.6 Å². The van der Waals surface area contributed by atoms with E-state index in [0.717, 1.165) is 12.8 Å². The molecule has 3 fully saturated rings. The van der Waals surface area contributed by atoms with E-state index in [9.17, 15) is 18.6 Å². The molecule has 2 heterocycles. The normalized spacial score (nSPS) is 23.3. The monoisotopic (exact) mass is 419 g/mol. The van der Waals surface area contributed by atoms with Gasteiger partial charge in [-0.15, -0.1) is 0 Å². The van der Waals surface area contributed by atoms with Gasteiger partial charge in [0.05, 0.1) is 23.5 Å². The number of amides is 3. The van der Waals surface area contributed by atoms with Crippen molar-refractivity contribution >= 4 is 34.4 Å². The van der Waals surface area contributed by atoms with Crippen molar-refractivity contribution in [1.82, 2.24) is 9.80 Å². The summed E-state index contributed by atoms with van der Waals surface area (Å²) in [5.41, 5.74) is 0.993. The van der Waals surface area contributed by atoms with Gasteiger partial charge in [-0.3, -0.25) is 9.00 Å². The summed E-state index contributed by atoms with van der Waals surface area (Å²) in [6.07, 6.45) is 3.34. The Labute approximate surface area is 172 Å². The molecule has 0 radical (unpaired) electrons. The van der Waals surface area contributed by atoms with Crippen molar-refractivity contribution < 1.29 is 23.3 Å². The van der Waals surface area contributed by atoms with E-state index in [1.165, 1.54) is 7.11 Å². The second-order valence-electron chi connectivity index (χ2n) is 7.87. The van der Waals surface area contributed by atoms with Crippen molar-refractivity contribution in [2.75, 3.05) is 37.8 Å². The average molecular weight is 420 g/mol. The Kier molecular flexibility index (Phi) is 5.33. The molecule has 1 N–H and O–H groups in total. The highest BCUT2D eigenvalue weighted by molar-refractivity contribution is 7.87. The zero-order chi connectivity index (χ0) is 20.6. The fraction of sp³-hybridized carbons (Fsp3) is 0.550. The molecule has 3 amide bonds. The van der Waals surface area contributed by atoms with Gasteiger partial charge in [-0.2, -0.15) is 0 Å². The topological polar surface area (TPSA) is 96.0 Å². The molecule has 9 heteroatoms. The Morgan fingerprint density at radius 2 is 1.86 bits per heavy atom. The molecule has 2 saturated heterocycles. The molecule has 1 aliphatic carbocycles. The van der Waals surface area contributed by atoms with E-state index < -0.39 is 21.6 Å². The zero-order valence-electron chi connectivity index (χ0n) is 16.4. The van der Waals surface area contributed by atoms with Gasteiger partial charge in [0.2, 0.25) is 5.91 Å². The van der Waals surface area contributed by atoms with Crippen molar-refractivity contribution in [3.8, 4) is 0 Å². The number of nitrogens with one attached hydrogen (secondary N) is 1. The second-order valence-corrected chi connectivity index (χ2v) is 9.61. The molecule has 8 nitrogen and oxygen atoms in total. The first-order valence-electron chi connectivity index (χ1n) is 9.86. The summed E-state index contributed by atoms with van der Waals surface area (Å²) in [7, 11) is 0.101. The van der Waals surface area contributed by atoms with Crippen molar-refractivity contribution in [2.45, 2.75) is 30.6 Å². The molecule has 4 rings (SSSR count). The Balaban J connectivity index is 1.37. The molecule has 1 aromatic rings. The van der Waals surface area contributed by atoms with Crippen LogP contribution in [-0.4, -0.2) is 69.3 Å². The van der Waals surface area contributed by atoms with Gasteiger partial charge in [0.15, 0.2) is 0 Å². The summed E-state index contributed by atoms with van der Waals surface area (Å²) in [6, 6.07) is 6.25. The van der Waals surface area contributed by atoms with Crippen LogP contribution < -0.4 is 5.32 Å². The largest absolute Gasteiger partial charge is 0.465 e. The lowest BCUT2D eigenvalue weighted by Crippen LogP contribution is -2.56. The molecule has 29 heavy (non-hydrogen) atoms. The van der Waals surface area contributed by atoms with E-state index in [1.807, 2.05) is 4.90 Å². The maximum Gasteiger partial charge on any atom is 0.337 e. The highest BCUT2D eigenvalue weighted by Crippen LogP contribution is 2.41. The molecule has 1 unspecified atom stereocenters. The van der Waals surface area contributed by atoms with Gasteiger partial charge in [-0.25, -0.2) is 9.59 Å². The Hall–Kier alpha value is -2.42. The highest BCUT2D eigenvalue weighted by atomic mass is 32.2. The minimum absolute atomic E-state index is 0.0150.